The van der Waals surface area contributed by atoms with Crippen LogP contribution >= 0.6 is 13.7 Å². The van der Waals surface area contributed by atoms with Gasteiger partial charge in [-0.3, -0.25) is 0 Å². The van der Waals surface area contributed by atoms with E-state index in [4.69, 9.17) is 7.94 Å². The molecule has 3 rings (SSSR count). The molecule has 99 heavy (non-hydrogen) atoms. The van der Waals surface area contributed by atoms with Crippen molar-refractivity contribution in [3.63, 3.8) is 0 Å². The fourth-order valence-corrected chi connectivity index (χ4v) is 34.9. The Bertz CT molecular complexity index is 2910. The van der Waals surface area contributed by atoms with E-state index in [1.54, 1.807) is 0 Å². The first-order valence-corrected chi connectivity index (χ1v) is 49.4. The summed E-state index contributed by atoms with van der Waals surface area (Å²) in [6.07, 6.45) is 56.9. The van der Waals surface area contributed by atoms with Gasteiger partial charge < -0.3 is 0 Å². The Labute approximate surface area is 604 Å². The summed E-state index contributed by atoms with van der Waals surface area (Å²) in [4.78, 5) is 22.2. The van der Waals surface area contributed by atoms with E-state index in [-0.39, 0.29) is 15.7 Å². The van der Waals surface area contributed by atoms with Crippen LogP contribution in [0.4, 0.5) is 22.7 Å². The third-order valence-electron chi connectivity index (χ3n) is 21.4. The maximum atomic E-state index is 16.4. The van der Waals surface area contributed by atoms with E-state index in [1.165, 1.54) is 133 Å². The van der Waals surface area contributed by atoms with E-state index in [0.717, 1.165) is 242 Å². The minimum atomic E-state index is -4.98. The quantitative estimate of drug-likeness (QED) is 0.0184. The van der Waals surface area contributed by atoms with E-state index in [1.807, 2.05) is 0 Å². The van der Waals surface area contributed by atoms with Crippen LogP contribution in [-0.4, -0.2) is 81.1 Å². The van der Waals surface area contributed by atoms with Crippen LogP contribution in [0.15, 0.2) is 62.5 Å². The van der Waals surface area contributed by atoms with Crippen LogP contribution in [0.5, 0.6) is 5.75 Å². The second-order valence-corrected chi connectivity index (χ2v) is 45.0. The second-order valence-electron chi connectivity index (χ2n) is 30.0. The molecular weight excluding hydrogens is 1320 g/mol. The number of fused-ring (bicyclic) bond motifs is 1. The molecule has 15 nitrogen and oxygen atoms in total. The molecule has 0 saturated carbocycles. The van der Waals surface area contributed by atoms with E-state index >= 15 is 16.8 Å². The molecule has 0 fully saturated rings. The van der Waals surface area contributed by atoms with Gasteiger partial charge in [-0.2, -0.15) is 0 Å². The third-order valence-corrected chi connectivity index (χ3v) is 39.6. The van der Waals surface area contributed by atoms with Gasteiger partial charge in [-0.05, 0) is 0 Å². The van der Waals surface area contributed by atoms with Crippen LogP contribution in [0.2, 0.25) is 0 Å². The van der Waals surface area contributed by atoms with Crippen LogP contribution in [0.3, 0.4) is 0 Å². The first-order valence-electron chi connectivity index (χ1n) is 40.8. The van der Waals surface area contributed by atoms with Crippen LogP contribution in [-0.2, 0) is 28.2 Å². The fraction of sp³-hybridized carbons (Fsp3) is 0.800. The number of aromatic hydroxyl groups is 1. The number of hydrogen-bond donors (Lipinski definition) is 1. The molecule has 0 aliphatic heterocycles. The fourth-order valence-electron chi connectivity index (χ4n) is 15.3. The zero-order chi connectivity index (χ0) is 72.6. The monoisotopic (exact) mass is 1460 g/mol. The maximum absolute atomic E-state index is 16.4. The van der Waals surface area contributed by atoms with Gasteiger partial charge in [-0.15, -0.1) is 0 Å². The summed E-state index contributed by atoms with van der Waals surface area (Å²) in [6, 6.07) is 8.62. The van der Waals surface area contributed by atoms with Crippen molar-refractivity contribution in [1.82, 2.24) is 0 Å². The van der Waals surface area contributed by atoms with Crippen molar-refractivity contribution in [3.05, 3.63) is 62.7 Å². The molecule has 0 radical (unpaired) electrons. The number of phenols is 1. The van der Waals surface area contributed by atoms with E-state index < -0.39 is 77.1 Å². The molecule has 3 aromatic carbocycles. The number of rotatable bonds is 66. The molecule has 0 bridgehead atoms. The van der Waals surface area contributed by atoms with Crippen LogP contribution in [0.25, 0.3) is 10.8 Å². The SMILES string of the molecule is CCCCCCCCCCCCCCP(CCCCCC)(CCCCCC)(CCCCCC)OS(=O)(=O)c1ccc2c(O)c(N=Nc3ccc([N+](=O)[O-])cc3[N+](=O)[O-])c(S(=O)(=O)OP(CCCCCC)(CCCCCC)(CCCCCC)CCCCCCCCCCCCCC)cc2c1. The molecule has 0 unspecified atom stereocenters. The molecular formula is C80H144N4O11P2S2. The zero-order valence-electron chi connectivity index (χ0n) is 64.2. The Hall–Kier alpha value is -3.20. The molecule has 572 valence electrons. The van der Waals surface area contributed by atoms with Crippen molar-refractivity contribution in [2.45, 2.75) is 373 Å². The van der Waals surface area contributed by atoms with Gasteiger partial charge in [-0.25, -0.2) is 0 Å². The Balaban J connectivity index is 2.46. The van der Waals surface area contributed by atoms with Crippen LogP contribution in [0.1, 0.15) is 364 Å². The molecule has 0 aromatic heterocycles. The number of azo groups is 1. The molecule has 0 aliphatic carbocycles. The number of non-ortho nitro benzene ring substituents is 1. The summed E-state index contributed by atoms with van der Waals surface area (Å²) in [5.41, 5.74) is -2.20. The standard InChI is InChI=1S/C80H144N4O11P2S2/c1-9-17-25-33-35-37-39-41-43-45-47-55-67-96(61-49-27-19-11-3,62-50-28-20-12-4,63-51-29-21-13-5)94-98(90,91)74-58-59-75-72(69-74)70-78(79(80(75)85)82-81-76-60-57-73(83(86)87)71-77(76)84(88)89)99(92,93)95-97(64-52-30-22-14-6,65-53-31-23-15-7,66-54-32-24-16-8)68-56-48-46-44-42-40-38-36-34-26-18-10-2/h57-60,69-71,85H,9-56,61-68H2,1-8H3. The van der Waals surface area contributed by atoms with Gasteiger partial charge >= 0.3 is 582 Å². The van der Waals surface area contributed by atoms with Gasteiger partial charge in [0.2, 0.25) is 0 Å². The summed E-state index contributed by atoms with van der Waals surface area (Å²) < 4.78 is 79.6. The molecule has 0 spiro atoms. The predicted molar refractivity (Wildman–Crippen MR) is 426 cm³/mol. The third kappa shape index (κ3) is 32.8. The number of nitrogens with zero attached hydrogens (tertiary/aromatic N) is 4. The number of nitro benzene ring substituents is 2. The van der Waals surface area contributed by atoms with Gasteiger partial charge in [0.1, 0.15) is 0 Å². The number of benzene rings is 3. The average Bonchev–Trinajstić information content (AvgIpc) is 0.738. The van der Waals surface area contributed by atoms with E-state index in [2.05, 4.69) is 65.6 Å². The Morgan fingerprint density at radius 3 is 0.960 bits per heavy atom. The van der Waals surface area contributed by atoms with Crippen molar-refractivity contribution in [2.75, 3.05) is 49.3 Å². The topological polar surface area (TPSA) is 218 Å². The second kappa shape index (κ2) is 50.3. The van der Waals surface area contributed by atoms with Gasteiger partial charge in [0, 0.05) is 0 Å². The Morgan fingerprint density at radius 1 is 0.364 bits per heavy atom. The Kier molecular flexibility index (Phi) is 45.7. The predicted octanol–water partition coefficient (Wildman–Crippen LogP) is 28.0. The van der Waals surface area contributed by atoms with E-state index in [9.17, 15) is 25.3 Å². The number of hydrogen-bond acceptors (Lipinski definition) is 13. The first kappa shape index (κ1) is 90.0. The molecule has 0 atom stereocenters. The molecule has 0 aliphatic rings. The van der Waals surface area contributed by atoms with Gasteiger partial charge in [0.05, 0.1) is 0 Å². The first-order chi connectivity index (χ1) is 47.7. The summed E-state index contributed by atoms with van der Waals surface area (Å²) >= 11 is 0. The summed E-state index contributed by atoms with van der Waals surface area (Å²) in [7, 11) is -9.54. The number of nitro groups is 2. The molecule has 0 amide bonds. The normalized spacial score (nSPS) is 13.3. The zero-order valence-corrected chi connectivity index (χ0v) is 67.6. The molecule has 0 saturated heterocycles. The van der Waals surface area contributed by atoms with Gasteiger partial charge in [-0.1, -0.05) is 26.7 Å². The summed E-state index contributed by atoms with van der Waals surface area (Å²) in [6.45, 7) is 10.2. The molecule has 1 N–H and O–H groups in total. The van der Waals surface area contributed by atoms with E-state index in [0.29, 0.717) is 24.6 Å². The van der Waals surface area contributed by atoms with Crippen LogP contribution in [0, 0.1) is 20.2 Å². The minimum absolute atomic E-state index is 0.0837. The number of unbranched alkanes of at least 4 members (excludes halogenated alkanes) is 40. The summed E-state index contributed by atoms with van der Waals surface area (Å²) in [5, 5.41) is 46.0. The Morgan fingerprint density at radius 2 is 0.657 bits per heavy atom. The van der Waals surface area contributed by atoms with Crippen LogP contribution < -0.4 is 0 Å². The molecule has 0 heterocycles. The van der Waals surface area contributed by atoms with Crippen molar-refractivity contribution < 1.29 is 39.7 Å². The molecule has 19 heteroatoms. The van der Waals surface area contributed by atoms with Crippen molar-refractivity contribution >= 4 is 67.4 Å². The number of phenolic OH excluding ortho intramolecular Hbond substituents is 1. The van der Waals surface area contributed by atoms with Crippen molar-refractivity contribution in [2.24, 2.45) is 10.2 Å². The summed E-state index contributed by atoms with van der Waals surface area (Å²) in [5.74, 6) is -0.627. The van der Waals surface area contributed by atoms with Gasteiger partial charge in [0.25, 0.3) is 0 Å². The molecule has 3 aromatic rings. The van der Waals surface area contributed by atoms with Crippen molar-refractivity contribution in [1.29, 1.82) is 0 Å². The average molecular weight is 1460 g/mol. The van der Waals surface area contributed by atoms with Crippen molar-refractivity contribution in [3.8, 4) is 5.75 Å². The van der Waals surface area contributed by atoms with Gasteiger partial charge in [0.15, 0.2) is 0 Å².